The number of amides is 2. The Labute approximate surface area is 174 Å². The summed E-state index contributed by atoms with van der Waals surface area (Å²) in [5.74, 6) is -2.35. The van der Waals surface area contributed by atoms with E-state index in [0.29, 0.717) is 11.8 Å². The molecule has 0 atom stereocenters. The lowest BCUT2D eigenvalue weighted by atomic mass is 10.0. The van der Waals surface area contributed by atoms with Crippen LogP contribution in [0.2, 0.25) is 5.02 Å². The van der Waals surface area contributed by atoms with Gasteiger partial charge in [0.25, 0.3) is 0 Å². The van der Waals surface area contributed by atoms with Crippen LogP contribution in [0.3, 0.4) is 0 Å². The van der Waals surface area contributed by atoms with Crippen molar-refractivity contribution in [3.8, 4) is 0 Å². The van der Waals surface area contributed by atoms with Crippen LogP contribution in [-0.2, 0) is 15.8 Å². The fourth-order valence-corrected chi connectivity index (χ4v) is 2.93. The number of nitrogens with zero attached hydrogens (tertiary/aromatic N) is 1. The van der Waals surface area contributed by atoms with E-state index < -0.39 is 23.6 Å². The highest BCUT2D eigenvalue weighted by Gasteiger charge is 2.31. The third-order valence-electron chi connectivity index (χ3n) is 4.25. The minimum absolute atomic E-state index is 0.139. The van der Waals surface area contributed by atoms with Gasteiger partial charge in [-0.05, 0) is 35.9 Å². The summed E-state index contributed by atoms with van der Waals surface area (Å²) in [6, 6.07) is 15.6. The summed E-state index contributed by atoms with van der Waals surface area (Å²) in [6.07, 6.45) is -4.62. The van der Waals surface area contributed by atoms with E-state index in [9.17, 15) is 22.8 Å². The molecule has 0 bridgehead atoms. The molecule has 0 saturated heterocycles. The zero-order valence-electron chi connectivity index (χ0n) is 15.5. The third kappa shape index (κ3) is 4.77. The van der Waals surface area contributed by atoms with Crippen molar-refractivity contribution in [1.82, 2.24) is 5.43 Å². The number of hydrogen-bond donors (Lipinski definition) is 2. The van der Waals surface area contributed by atoms with Crippen LogP contribution in [0.4, 0.5) is 18.9 Å². The molecule has 3 aromatic rings. The predicted octanol–water partition coefficient (Wildman–Crippen LogP) is 4.99. The molecular weight excluding hydrogens is 419 g/mol. The molecule has 2 amide bonds. The van der Waals surface area contributed by atoms with Crippen LogP contribution in [0.1, 0.15) is 18.1 Å². The normalized spacial score (nSPS) is 12.0. The molecule has 0 spiro atoms. The molecule has 0 radical (unpaired) electrons. The van der Waals surface area contributed by atoms with Crippen molar-refractivity contribution < 1.29 is 22.8 Å². The van der Waals surface area contributed by atoms with Gasteiger partial charge in [0.1, 0.15) is 0 Å². The van der Waals surface area contributed by atoms with Crippen LogP contribution >= 0.6 is 11.6 Å². The summed E-state index contributed by atoms with van der Waals surface area (Å²) in [4.78, 5) is 24.1. The van der Waals surface area contributed by atoms with E-state index in [2.05, 4.69) is 15.8 Å². The first-order chi connectivity index (χ1) is 14.2. The molecule has 5 nitrogen and oxygen atoms in total. The van der Waals surface area contributed by atoms with Gasteiger partial charge in [-0.2, -0.15) is 18.3 Å². The van der Waals surface area contributed by atoms with Crippen LogP contribution in [0.15, 0.2) is 65.8 Å². The van der Waals surface area contributed by atoms with Gasteiger partial charge in [-0.3, -0.25) is 9.59 Å². The van der Waals surface area contributed by atoms with Crippen LogP contribution in [0.5, 0.6) is 0 Å². The van der Waals surface area contributed by atoms with E-state index in [-0.39, 0.29) is 10.7 Å². The third-order valence-corrected chi connectivity index (χ3v) is 4.58. The summed E-state index contributed by atoms with van der Waals surface area (Å²) < 4.78 is 38.5. The van der Waals surface area contributed by atoms with Gasteiger partial charge in [-0.15, -0.1) is 0 Å². The lowest BCUT2D eigenvalue weighted by Crippen LogP contribution is -2.33. The number of alkyl halides is 3. The number of benzene rings is 3. The zero-order chi connectivity index (χ0) is 21.9. The van der Waals surface area contributed by atoms with Gasteiger partial charge in [0, 0.05) is 5.56 Å². The van der Waals surface area contributed by atoms with Crippen molar-refractivity contribution in [2.45, 2.75) is 13.1 Å². The number of carbonyl (C=O) groups excluding carboxylic acids is 2. The maximum Gasteiger partial charge on any atom is 0.416 e. The number of halogens is 4. The van der Waals surface area contributed by atoms with E-state index in [1.165, 1.54) is 0 Å². The molecule has 0 aliphatic carbocycles. The molecule has 0 aliphatic heterocycles. The monoisotopic (exact) mass is 433 g/mol. The lowest BCUT2D eigenvalue weighted by Gasteiger charge is -2.11. The number of anilines is 1. The van der Waals surface area contributed by atoms with Crippen molar-refractivity contribution in [1.29, 1.82) is 0 Å². The average Bonchev–Trinajstić information content (AvgIpc) is 2.72. The molecule has 0 aliphatic rings. The lowest BCUT2D eigenvalue weighted by molar-refractivity contribution is -0.137. The summed E-state index contributed by atoms with van der Waals surface area (Å²) >= 11 is 5.82. The summed E-state index contributed by atoms with van der Waals surface area (Å²) in [7, 11) is 0. The smallest absolute Gasteiger partial charge is 0.316 e. The molecule has 9 heteroatoms. The highest BCUT2D eigenvalue weighted by molar-refractivity contribution is 6.41. The number of rotatable bonds is 3. The van der Waals surface area contributed by atoms with Crippen molar-refractivity contribution in [3.63, 3.8) is 0 Å². The molecule has 0 aromatic heterocycles. The Hall–Kier alpha value is -3.39. The summed E-state index contributed by atoms with van der Waals surface area (Å²) in [5, 5.41) is 7.75. The second-order valence-electron chi connectivity index (χ2n) is 6.31. The quantitative estimate of drug-likeness (QED) is 0.347. The highest BCUT2D eigenvalue weighted by Crippen LogP contribution is 2.33. The Morgan fingerprint density at radius 1 is 0.967 bits per heavy atom. The Balaban J connectivity index is 1.74. The number of nitrogens with one attached hydrogen (secondary N) is 2. The number of hydrogen-bond acceptors (Lipinski definition) is 3. The first kappa shape index (κ1) is 21.3. The first-order valence-corrected chi connectivity index (χ1v) is 9.05. The van der Waals surface area contributed by atoms with Gasteiger partial charge in [0.2, 0.25) is 0 Å². The molecule has 3 rings (SSSR count). The Morgan fingerprint density at radius 3 is 2.40 bits per heavy atom. The van der Waals surface area contributed by atoms with Crippen molar-refractivity contribution in [2.75, 3.05) is 5.32 Å². The van der Waals surface area contributed by atoms with Crippen LogP contribution < -0.4 is 10.7 Å². The van der Waals surface area contributed by atoms with Gasteiger partial charge in [-0.1, -0.05) is 54.1 Å². The van der Waals surface area contributed by atoms with E-state index in [0.717, 1.165) is 28.5 Å². The molecule has 3 aromatic carbocycles. The Morgan fingerprint density at radius 2 is 1.67 bits per heavy atom. The van der Waals surface area contributed by atoms with Gasteiger partial charge < -0.3 is 5.32 Å². The largest absolute Gasteiger partial charge is 0.416 e. The van der Waals surface area contributed by atoms with Crippen LogP contribution in [0, 0.1) is 0 Å². The van der Waals surface area contributed by atoms with Crippen LogP contribution in [-0.4, -0.2) is 17.5 Å². The van der Waals surface area contributed by atoms with E-state index in [1.807, 2.05) is 42.5 Å². The second-order valence-corrected chi connectivity index (χ2v) is 6.72. The molecule has 0 fully saturated rings. The SMILES string of the molecule is C/C(=N\NC(=O)C(=O)Nc1cc(C(F)(F)F)ccc1Cl)c1cccc2ccccc12. The molecular formula is C21H15ClF3N3O2. The van der Waals surface area contributed by atoms with E-state index in [1.54, 1.807) is 6.92 Å². The molecule has 154 valence electrons. The molecule has 0 heterocycles. The first-order valence-electron chi connectivity index (χ1n) is 8.67. The minimum atomic E-state index is -4.62. The molecule has 2 N–H and O–H groups in total. The Bertz CT molecular complexity index is 1150. The second kappa shape index (κ2) is 8.54. The maximum absolute atomic E-state index is 12.8. The number of fused-ring (bicyclic) bond motifs is 1. The fraction of sp³-hybridized carbons (Fsp3) is 0.0952. The van der Waals surface area contributed by atoms with Gasteiger partial charge >= 0.3 is 18.0 Å². The zero-order valence-corrected chi connectivity index (χ0v) is 16.3. The number of carbonyl (C=O) groups is 2. The number of hydrazone groups is 1. The minimum Gasteiger partial charge on any atom is -0.316 e. The van der Waals surface area contributed by atoms with Gasteiger partial charge in [-0.25, -0.2) is 5.43 Å². The van der Waals surface area contributed by atoms with Crippen molar-refractivity contribution >= 4 is 45.6 Å². The van der Waals surface area contributed by atoms with E-state index >= 15 is 0 Å². The standard InChI is InChI=1S/C21H15ClF3N3O2/c1-12(15-8-4-6-13-5-2-3-7-16(13)15)27-28-20(30)19(29)26-18-11-14(21(23,24)25)9-10-17(18)22/h2-11H,1H3,(H,26,29)(H,28,30)/b27-12+. The maximum atomic E-state index is 12.8. The topological polar surface area (TPSA) is 70.6 Å². The average molecular weight is 434 g/mol. The molecule has 0 saturated carbocycles. The van der Waals surface area contributed by atoms with Gasteiger partial charge in [0.05, 0.1) is 22.0 Å². The van der Waals surface area contributed by atoms with Crippen molar-refractivity contribution in [2.24, 2.45) is 5.10 Å². The summed E-state index contributed by atoms with van der Waals surface area (Å²) in [6.45, 7) is 1.66. The fourth-order valence-electron chi connectivity index (χ4n) is 2.76. The molecule has 0 unspecified atom stereocenters. The Kier molecular flexibility index (Phi) is 6.07. The van der Waals surface area contributed by atoms with Crippen LogP contribution in [0.25, 0.3) is 10.8 Å². The van der Waals surface area contributed by atoms with Gasteiger partial charge in [0.15, 0.2) is 0 Å². The predicted molar refractivity (Wildman–Crippen MR) is 109 cm³/mol. The summed E-state index contributed by atoms with van der Waals surface area (Å²) in [5.41, 5.74) is 1.97. The highest BCUT2D eigenvalue weighted by atomic mass is 35.5. The van der Waals surface area contributed by atoms with Crippen molar-refractivity contribution in [3.05, 3.63) is 76.8 Å². The van der Waals surface area contributed by atoms with E-state index in [4.69, 9.17) is 11.6 Å². The molecule has 30 heavy (non-hydrogen) atoms.